The van der Waals surface area contributed by atoms with Crippen molar-refractivity contribution in [1.82, 2.24) is 14.2 Å². The summed E-state index contributed by atoms with van der Waals surface area (Å²) in [6.07, 6.45) is 2.29. The van der Waals surface area contributed by atoms with Gasteiger partial charge in [0, 0.05) is 42.8 Å². The molecule has 0 atom stereocenters. The molecule has 178 valence electrons. The number of nitrogens with zero attached hydrogens (tertiary/aromatic N) is 3. The Balaban J connectivity index is 1.46. The van der Waals surface area contributed by atoms with Gasteiger partial charge in [0.1, 0.15) is 5.15 Å². The van der Waals surface area contributed by atoms with Crippen molar-refractivity contribution >= 4 is 39.1 Å². The average molecular weight is 512 g/mol. The van der Waals surface area contributed by atoms with E-state index in [0.29, 0.717) is 53.1 Å². The highest BCUT2D eigenvalue weighted by Gasteiger charge is 2.45. The van der Waals surface area contributed by atoms with E-state index in [4.69, 9.17) is 27.9 Å². The van der Waals surface area contributed by atoms with Crippen LogP contribution in [0.4, 0.5) is 0 Å². The summed E-state index contributed by atoms with van der Waals surface area (Å²) < 4.78 is 33.5. The maximum Gasteiger partial charge on any atom is 0.254 e. The molecule has 1 spiro atoms. The number of carbonyl (C=O) groups excluding carboxylic acids is 1. The minimum absolute atomic E-state index is 0.118. The first-order valence-corrected chi connectivity index (χ1v) is 13.0. The minimum atomic E-state index is -3.61. The van der Waals surface area contributed by atoms with Crippen LogP contribution in [-0.2, 0) is 10.0 Å². The summed E-state index contributed by atoms with van der Waals surface area (Å²) in [5.41, 5.74) is 1.71. The molecule has 7 nitrogen and oxygen atoms in total. The molecule has 3 heterocycles. The maximum atomic E-state index is 13.4. The molecule has 2 aliphatic rings. The van der Waals surface area contributed by atoms with Crippen molar-refractivity contribution in [2.45, 2.75) is 38.0 Å². The molecule has 33 heavy (non-hydrogen) atoms. The van der Waals surface area contributed by atoms with Gasteiger partial charge in [-0.05, 0) is 67.9 Å². The predicted molar refractivity (Wildman–Crippen MR) is 128 cm³/mol. The van der Waals surface area contributed by atoms with Crippen LogP contribution >= 0.6 is 23.2 Å². The highest BCUT2D eigenvalue weighted by Crippen LogP contribution is 2.43. The summed E-state index contributed by atoms with van der Waals surface area (Å²) in [5, 5.41) is 0.769. The fourth-order valence-electron chi connectivity index (χ4n) is 4.75. The van der Waals surface area contributed by atoms with E-state index in [2.05, 4.69) is 4.98 Å². The van der Waals surface area contributed by atoms with Crippen molar-refractivity contribution in [3.05, 3.63) is 51.1 Å². The van der Waals surface area contributed by atoms with Gasteiger partial charge in [0.2, 0.25) is 15.9 Å². The molecule has 0 bridgehead atoms. The molecule has 1 aromatic heterocycles. The molecule has 1 aromatic carbocycles. The Morgan fingerprint density at radius 3 is 2.36 bits per heavy atom. The van der Waals surface area contributed by atoms with E-state index >= 15 is 0 Å². The van der Waals surface area contributed by atoms with Crippen molar-refractivity contribution in [3.63, 3.8) is 0 Å². The topological polar surface area (TPSA) is 79.8 Å². The van der Waals surface area contributed by atoms with E-state index in [1.807, 2.05) is 6.92 Å². The molecular formula is C23H27Cl2N3O4S. The van der Waals surface area contributed by atoms with Crippen molar-refractivity contribution in [2.75, 3.05) is 33.3 Å². The van der Waals surface area contributed by atoms with Crippen LogP contribution in [0.15, 0.2) is 29.2 Å². The third-order valence-corrected chi connectivity index (χ3v) is 9.40. The first kappa shape index (κ1) is 24.3. The second-order valence-electron chi connectivity index (χ2n) is 8.97. The normalized spacial score (nSPS) is 18.6. The average Bonchev–Trinajstić information content (AvgIpc) is 3.20. The third-order valence-electron chi connectivity index (χ3n) is 6.82. The Labute approximate surface area is 204 Å². The smallest absolute Gasteiger partial charge is 0.254 e. The molecule has 2 aromatic rings. The number of methoxy groups -OCH3 is 1. The summed E-state index contributed by atoms with van der Waals surface area (Å²) in [6, 6.07) is 6.49. The van der Waals surface area contributed by atoms with E-state index in [1.54, 1.807) is 34.3 Å². The second-order valence-corrected chi connectivity index (χ2v) is 11.7. The van der Waals surface area contributed by atoms with Gasteiger partial charge < -0.3 is 9.64 Å². The number of piperidine rings is 1. The van der Waals surface area contributed by atoms with Crippen LogP contribution in [0.5, 0.6) is 5.88 Å². The van der Waals surface area contributed by atoms with Crippen LogP contribution in [0, 0.1) is 19.3 Å². The number of ether oxygens (including phenoxy) is 1. The SMILES string of the molecule is COc1cc(C(=O)N2CCC3(CC2)CCN(S(=O)(=O)c2cc(C)c(Cl)cc2C)C3)cc(Cl)n1. The van der Waals surface area contributed by atoms with E-state index < -0.39 is 10.0 Å². The first-order valence-electron chi connectivity index (χ1n) is 10.8. The number of likely N-dealkylation sites (tertiary alicyclic amines) is 1. The number of halogens is 2. The zero-order valence-electron chi connectivity index (χ0n) is 18.9. The van der Waals surface area contributed by atoms with Crippen LogP contribution in [0.3, 0.4) is 0 Å². The molecule has 1 amide bonds. The van der Waals surface area contributed by atoms with Gasteiger partial charge in [-0.25, -0.2) is 13.4 Å². The van der Waals surface area contributed by atoms with Gasteiger partial charge >= 0.3 is 0 Å². The van der Waals surface area contributed by atoms with E-state index in [1.165, 1.54) is 13.2 Å². The van der Waals surface area contributed by atoms with Gasteiger partial charge in [-0.3, -0.25) is 4.79 Å². The van der Waals surface area contributed by atoms with Crippen LogP contribution in [-0.4, -0.2) is 61.8 Å². The Hall–Kier alpha value is -1.87. The molecule has 0 N–H and O–H groups in total. The number of aromatic nitrogens is 1. The summed E-state index contributed by atoms with van der Waals surface area (Å²) in [4.78, 5) is 19.1. The molecule has 4 rings (SSSR count). The van der Waals surface area contributed by atoms with Crippen molar-refractivity contribution < 1.29 is 17.9 Å². The van der Waals surface area contributed by atoms with Crippen LogP contribution < -0.4 is 4.74 Å². The van der Waals surface area contributed by atoms with Crippen molar-refractivity contribution in [1.29, 1.82) is 0 Å². The van der Waals surface area contributed by atoms with Gasteiger partial charge in [-0.1, -0.05) is 23.2 Å². The standard InChI is InChI=1S/C23H27Cl2N3O4S/c1-15-11-19(16(2)10-18(15)24)33(30,31)28-9-6-23(14-28)4-7-27(8-5-23)22(29)17-12-20(25)26-21(13-17)32-3/h10-13H,4-9,14H2,1-3H3. The number of amides is 1. The number of sulfonamides is 1. The largest absolute Gasteiger partial charge is 0.481 e. The van der Waals surface area contributed by atoms with E-state index in [0.717, 1.165) is 24.8 Å². The van der Waals surface area contributed by atoms with Crippen molar-refractivity contribution in [3.8, 4) is 5.88 Å². The number of benzene rings is 1. The summed E-state index contributed by atoms with van der Waals surface area (Å²) >= 11 is 12.2. The number of carbonyl (C=O) groups is 1. The third kappa shape index (κ3) is 4.71. The van der Waals surface area contributed by atoms with Crippen molar-refractivity contribution in [2.24, 2.45) is 5.41 Å². The molecule has 0 aliphatic carbocycles. The summed E-state index contributed by atoms with van der Waals surface area (Å²) in [6.45, 7) is 5.66. The highest BCUT2D eigenvalue weighted by atomic mass is 35.5. The highest BCUT2D eigenvalue weighted by molar-refractivity contribution is 7.89. The zero-order valence-corrected chi connectivity index (χ0v) is 21.2. The Morgan fingerprint density at radius 1 is 1.03 bits per heavy atom. The lowest BCUT2D eigenvalue weighted by molar-refractivity contribution is 0.0599. The number of pyridine rings is 1. The molecule has 0 radical (unpaired) electrons. The van der Waals surface area contributed by atoms with Gasteiger partial charge in [0.05, 0.1) is 12.0 Å². The van der Waals surface area contributed by atoms with E-state index in [9.17, 15) is 13.2 Å². The zero-order chi connectivity index (χ0) is 24.0. The summed E-state index contributed by atoms with van der Waals surface area (Å²) in [5.74, 6) is 0.172. The lowest BCUT2D eigenvalue weighted by Crippen LogP contribution is -2.44. The number of aryl methyl sites for hydroxylation is 2. The molecule has 0 unspecified atom stereocenters. The van der Waals surface area contributed by atoms with Gasteiger partial charge in [-0.15, -0.1) is 0 Å². The minimum Gasteiger partial charge on any atom is -0.481 e. The number of hydrogen-bond donors (Lipinski definition) is 0. The Bertz CT molecular complexity index is 1190. The van der Waals surface area contributed by atoms with Crippen LogP contribution in [0.25, 0.3) is 0 Å². The summed E-state index contributed by atoms with van der Waals surface area (Å²) in [7, 11) is -2.13. The predicted octanol–water partition coefficient (Wildman–Crippen LogP) is 4.33. The van der Waals surface area contributed by atoms with Gasteiger partial charge in [0.15, 0.2) is 0 Å². The fraction of sp³-hybridized carbons (Fsp3) is 0.478. The second kappa shape index (κ2) is 9.06. The number of rotatable bonds is 4. The fourth-order valence-corrected chi connectivity index (χ4v) is 7.01. The quantitative estimate of drug-likeness (QED) is 0.570. The van der Waals surface area contributed by atoms with Gasteiger partial charge in [-0.2, -0.15) is 4.31 Å². The monoisotopic (exact) mass is 511 g/mol. The Morgan fingerprint density at radius 2 is 1.70 bits per heavy atom. The first-order chi connectivity index (χ1) is 15.5. The van der Waals surface area contributed by atoms with Crippen LogP contribution in [0.1, 0.15) is 40.7 Å². The molecule has 2 saturated heterocycles. The Kier molecular flexibility index (Phi) is 6.66. The van der Waals surface area contributed by atoms with Gasteiger partial charge in [0.25, 0.3) is 5.91 Å². The molecule has 10 heteroatoms. The lowest BCUT2D eigenvalue weighted by Gasteiger charge is -2.39. The van der Waals surface area contributed by atoms with E-state index in [-0.39, 0.29) is 16.5 Å². The maximum absolute atomic E-state index is 13.4. The molecular weight excluding hydrogens is 485 g/mol. The number of hydrogen-bond acceptors (Lipinski definition) is 5. The molecule has 0 saturated carbocycles. The molecule has 2 aliphatic heterocycles. The van der Waals surface area contributed by atoms with Crippen LogP contribution in [0.2, 0.25) is 10.2 Å². The lowest BCUT2D eigenvalue weighted by atomic mass is 9.78. The molecule has 2 fully saturated rings.